The van der Waals surface area contributed by atoms with Crippen LogP contribution in [0.5, 0.6) is 6.01 Å². The Balaban J connectivity index is 1.63. The van der Waals surface area contributed by atoms with E-state index in [1.165, 1.54) is 6.26 Å². The van der Waals surface area contributed by atoms with Gasteiger partial charge in [-0.1, -0.05) is 0 Å². The van der Waals surface area contributed by atoms with Gasteiger partial charge in [0.2, 0.25) is 0 Å². The molecule has 0 spiro atoms. The van der Waals surface area contributed by atoms with Crippen molar-refractivity contribution in [2.24, 2.45) is 0 Å². The molecule has 7 heteroatoms. The maximum Gasteiger partial charge on any atom is 0.316 e. The number of ether oxygens (including phenoxy) is 1. The zero-order valence-electron chi connectivity index (χ0n) is 11.2. The third-order valence-corrected chi connectivity index (χ3v) is 3.68. The van der Waals surface area contributed by atoms with Crippen LogP contribution in [0.3, 0.4) is 0 Å². The van der Waals surface area contributed by atoms with Crippen molar-refractivity contribution in [3.8, 4) is 6.01 Å². The van der Waals surface area contributed by atoms with E-state index in [0.29, 0.717) is 24.9 Å². The number of piperidine rings is 1. The zero-order valence-corrected chi connectivity index (χ0v) is 12.8. The maximum absolute atomic E-state index is 12.2. The van der Waals surface area contributed by atoms with Crippen LogP contribution < -0.4 is 4.74 Å². The molecule has 1 aliphatic heterocycles. The Morgan fingerprint density at radius 3 is 2.95 bits per heavy atom. The molecule has 0 aliphatic carbocycles. The van der Waals surface area contributed by atoms with Crippen molar-refractivity contribution in [1.29, 1.82) is 0 Å². The first kappa shape index (κ1) is 14.1. The summed E-state index contributed by atoms with van der Waals surface area (Å²) in [7, 11) is 0. The van der Waals surface area contributed by atoms with Gasteiger partial charge in [-0.3, -0.25) is 4.79 Å². The molecule has 1 unspecified atom stereocenters. The van der Waals surface area contributed by atoms with E-state index in [4.69, 9.17) is 9.15 Å². The Morgan fingerprint density at radius 1 is 1.43 bits per heavy atom. The molecule has 1 amide bonds. The predicted octanol–water partition coefficient (Wildman–Crippen LogP) is 2.52. The smallest absolute Gasteiger partial charge is 0.316 e. The molecular weight excluding hydrogens is 338 g/mol. The number of rotatable bonds is 3. The third kappa shape index (κ3) is 3.41. The van der Waals surface area contributed by atoms with Crippen molar-refractivity contribution >= 4 is 21.8 Å². The molecule has 3 heterocycles. The van der Waals surface area contributed by atoms with Crippen LogP contribution in [0.4, 0.5) is 0 Å². The maximum atomic E-state index is 12.2. The molecular formula is C14H14BrN3O3. The number of nitrogens with zero attached hydrogens (tertiary/aromatic N) is 3. The normalized spacial score (nSPS) is 18.5. The lowest BCUT2D eigenvalue weighted by Gasteiger charge is -2.31. The number of carbonyl (C=O) groups excluding carboxylic acids is 1. The molecule has 2 aromatic heterocycles. The molecule has 3 rings (SSSR count). The van der Waals surface area contributed by atoms with E-state index in [9.17, 15) is 4.79 Å². The highest BCUT2D eigenvalue weighted by atomic mass is 79.9. The number of likely N-dealkylation sites (tertiary alicyclic amines) is 1. The van der Waals surface area contributed by atoms with Gasteiger partial charge in [0.05, 0.1) is 17.3 Å². The molecule has 0 saturated carbocycles. The van der Waals surface area contributed by atoms with Gasteiger partial charge in [-0.2, -0.15) is 0 Å². The average Bonchev–Trinajstić information content (AvgIpc) is 3.03. The van der Waals surface area contributed by atoms with E-state index in [2.05, 4.69) is 25.9 Å². The van der Waals surface area contributed by atoms with Crippen molar-refractivity contribution in [2.75, 3.05) is 13.1 Å². The molecule has 0 aromatic carbocycles. The molecule has 6 nitrogen and oxygen atoms in total. The topological polar surface area (TPSA) is 68.5 Å². The van der Waals surface area contributed by atoms with Gasteiger partial charge in [-0.05, 0) is 40.9 Å². The summed E-state index contributed by atoms with van der Waals surface area (Å²) in [5, 5.41) is 0. The van der Waals surface area contributed by atoms with Gasteiger partial charge < -0.3 is 14.1 Å². The zero-order chi connectivity index (χ0) is 14.7. The Morgan fingerprint density at radius 2 is 2.24 bits per heavy atom. The Bertz CT molecular complexity index is 600. The van der Waals surface area contributed by atoms with E-state index < -0.39 is 0 Å². The van der Waals surface area contributed by atoms with Crippen LogP contribution in [0.25, 0.3) is 0 Å². The minimum absolute atomic E-state index is 0.0983. The summed E-state index contributed by atoms with van der Waals surface area (Å²) in [6.07, 6.45) is 6.43. The lowest BCUT2D eigenvalue weighted by atomic mass is 10.1. The third-order valence-electron chi connectivity index (χ3n) is 3.27. The van der Waals surface area contributed by atoms with E-state index in [0.717, 1.165) is 17.3 Å². The largest absolute Gasteiger partial charge is 0.459 e. The van der Waals surface area contributed by atoms with Crippen LogP contribution >= 0.6 is 15.9 Å². The number of hydrogen-bond donors (Lipinski definition) is 0. The molecule has 0 N–H and O–H groups in total. The average molecular weight is 352 g/mol. The number of furan rings is 1. The Kier molecular flexibility index (Phi) is 4.19. The van der Waals surface area contributed by atoms with Gasteiger partial charge in [0, 0.05) is 18.9 Å². The quantitative estimate of drug-likeness (QED) is 0.849. The van der Waals surface area contributed by atoms with Crippen LogP contribution in [0.2, 0.25) is 0 Å². The lowest BCUT2D eigenvalue weighted by Crippen LogP contribution is -2.44. The van der Waals surface area contributed by atoms with E-state index in [-0.39, 0.29) is 12.0 Å². The van der Waals surface area contributed by atoms with Gasteiger partial charge in [0.1, 0.15) is 6.10 Å². The summed E-state index contributed by atoms with van der Waals surface area (Å²) in [6.45, 7) is 1.22. The first-order chi connectivity index (χ1) is 10.2. The number of carbonyl (C=O) groups is 1. The predicted molar refractivity (Wildman–Crippen MR) is 78.0 cm³/mol. The molecule has 110 valence electrons. The number of halogens is 1. The summed E-state index contributed by atoms with van der Waals surface area (Å²) in [5.41, 5.74) is 0. The molecule has 1 saturated heterocycles. The van der Waals surface area contributed by atoms with Crippen LogP contribution in [0, 0.1) is 0 Å². The van der Waals surface area contributed by atoms with Crippen LogP contribution in [0.1, 0.15) is 23.4 Å². The van der Waals surface area contributed by atoms with E-state index in [1.54, 1.807) is 29.4 Å². The molecule has 0 radical (unpaired) electrons. The van der Waals surface area contributed by atoms with Gasteiger partial charge in [-0.25, -0.2) is 9.97 Å². The Hall–Kier alpha value is -1.89. The van der Waals surface area contributed by atoms with Crippen LogP contribution in [-0.4, -0.2) is 40.0 Å². The Labute approximate surface area is 130 Å². The molecule has 1 aliphatic rings. The molecule has 21 heavy (non-hydrogen) atoms. The first-order valence-corrected chi connectivity index (χ1v) is 7.48. The van der Waals surface area contributed by atoms with Gasteiger partial charge >= 0.3 is 6.01 Å². The van der Waals surface area contributed by atoms with E-state index in [1.807, 2.05) is 0 Å². The minimum Gasteiger partial charge on any atom is -0.459 e. The van der Waals surface area contributed by atoms with Crippen LogP contribution in [-0.2, 0) is 0 Å². The molecule has 0 bridgehead atoms. The van der Waals surface area contributed by atoms with Crippen molar-refractivity contribution in [1.82, 2.24) is 14.9 Å². The standard InChI is InChI=1S/C14H14BrN3O3/c15-10-7-16-14(17-8-10)21-11-3-1-5-18(9-11)13(19)12-4-2-6-20-12/h2,4,6-8,11H,1,3,5,9H2. The summed E-state index contributed by atoms with van der Waals surface area (Å²) < 4.78 is 11.7. The number of amides is 1. The second-order valence-corrected chi connectivity index (χ2v) is 5.71. The van der Waals surface area contributed by atoms with Gasteiger partial charge in [0.25, 0.3) is 5.91 Å². The molecule has 1 fully saturated rings. The second kappa shape index (κ2) is 6.26. The SMILES string of the molecule is O=C(c1ccco1)N1CCCC(Oc2ncc(Br)cn2)C1. The number of aromatic nitrogens is 2. The highest BCUT2D eigenvalue weighted by molar-refractivity contribution is 9.10. The van der Waals surface area contributed by atoms with Crippen molar-refractivity contribution in [3.63, 3.8) is 0 Å². The van der Waals surface area contributed by atoms with Gasteiger partial charge in [-0.15, -0.1) is 0 Å². The fraction of sp³-hybridized carbons (Fsp3) is 0.357. The monoisotopic (exact) mass is 351 g/mol. The summed E-state index contributed by atoms with van der Waals surface area (Å²) in [6, 6.07) is 3.71. The summed E-state index contributed by atoms with van der Waals surface area (Å²) in [4.78, 5) is 22.2. The number of hydrogen-bond acceptors (Lipinski definition) is 5. The van der Waals surface area contributed by atoms with Crippen LogP contribution in [0.15, 0.2) is 39.7 Å². The highest BCUT2D eigenvalue weighted by Crippen LogP contribution is 2.18. The second-order valence-electron chi connectivity index (χ2n) is 4.79. The van der Waals surface area contributed by atoms with Gasteiger partial charge in [0.15, 0.2) is 5.76 Å². The van der Waals surface area contributed by atoms with Crippen molar-refractivity contribution < 1.29 is 13.9 Å². The van der Waals surface area contributed by atoms with Crippen molar-refractivity contribution in [2.45, 2.75) is 18.9 Å². The summed E-state index contributed by atoms with van der Waals surface area (Å²) >= 11 is 3.28. The first-order valence-electron chi connectivity index (χ1n) is 6.69. The van der Waals surface area contributed by atoms with Crippen molar-refractivity contribution in [3.05, 3.63) is 41.0 Å². The minimum atomic E-state index is -0.106. The highest BCUT2D eigenvalue weighted by Gasteiger charge is 2.27. The lowest BCUT2D eigenvalue weighted by molar-refractivity contribution is 0.0489. The fourth-order valence-electron chi connectivity index (χ4n) is 2.29. The molecule has 2 aromatic rings. The summed E-state index contributed by atoms with van der Waals surface area (Å²) in [5.74, 6) is 0.251. The molecule has 1 atom stereocenters. The fourth-order valence-corrected chi connectivity index (χ4v) is 2.49. The van der Waals surface area contributed by atoms with E-state index >= 15 is 0 Å².